The zero-order chi connectivity index (χ0) is 78.0. The van der Waals surface area contributed by atoms with Crippen molar-refractivity contribution in [1.82, 2.24) is 69.1 Å². The van der Waals surface area contributed by atoms with Gasteiger partial charge in [0.1, 0.15) is 78.5 Å². The van der Waals surface area contributed by atoms with Crippen LogP contribution in [0, 0.1) is 29.6 Å². The van der Waals surface area contributed by atoms with Crippen LogP contribution in [-0.4, -0.2) is 236 Å². The molecule has 0 saturated heterocycles. The first-order valence-electron chi connectivity index (χ1n) is 34.0. The van der Waals surface area contributed by atoms with Gasteiger partial charge in [-0.3, -0.25) is 67.1 Å². The molecule has 36 nitrogen and oxygen atoms in total. The minimum atomic E-state index is -1.88. The van der Waals surface area contributed by atoms with Gasteiger partial charge in [-0.15, -0.1) is 0 Å². The first-order valence-corrected chi connectivity index (χ1v) is 34.0. The van der Waals surface area contributed by atoms with E-state index in [0.717, 1.165) is 6.92 Å². The normalized spacial score (nSPS) is 15.8. The number of nitrogens with one attached hydrogen (secondary N) is 13. The van der Waals surface area contributed by atoms with Crippen LogP contribution < -0.4 is 80.6 Å². The third kappa shape index (κ3) is 32.8. The van der Waals surface area contributed by atoms with E-state index in [1.807, 2.05) is 0 Å². The third-order valence-electron chi connectivity index (χ3n) is 15.7. The Hall–Kier alpha value is -8.97. The lowest BCUT2D eigenvalue weighted by Crippen LogP contribution is -2.63. The molecule has 0 spiro atoms. The lowest BCUT2D eigenvalue weighted by molar-refractivity contribution is -0.143. The highest BCUT2D eigenvalue weighted by molar-refractivity contribution is 6.00. The number of carbonyl (C=O) groups is 15. The van der Waals surface area contributed by atoms with Crippen molar-refractivity contribution in [1.29, 1.82) is 0 Å². The number of unbranched alkanes of at least 4 members (excludes halogenated alkanes) is 1. The molecule has 0 fully saturated rings. The summed E-state index contributed by atoms with van der Waals surface area (Å²) in [6.07, 6.45) is -2.55. The summed E-state index contributed by atoms with van der Waals surface area (Å²) < 4.78 is 0. The van der Waals surface area contributed by atoms with E-state index >= 15 is 0 Å². The fraction of sp³-hybridized carbons (Fsp3) is 0.682. The van der Waals surface area contributed by atoms with Crippen LogP contribution in [0.25, 0.3) is 0 Å². The van der Waals surface area contributed by atoms with Gasteiger partial charge in [0.25, 0.3) is 0 Å². The summed E-state index contributed by atoms with van der Waals surface area (Å²) in [5, 5.41) is 91.8. The first-order chi connectivity index (χ1) is 47.6. The van der Waals surface area contributed by atoms with Crippen LogP contribution in [0.5, 0.6) is 0 Å². The summed E-state index contributed by atoms with van der Waals surface area (Å²) in [5.74, 6) is -18.3. The highest BCUT2D eigenvalue weighted by atomic mass is 16.4. The average Bonchev–Trinajstić information content (AvgIpc) is 0.856. The topological polar surface area (TPSA) is 586 Å². The van der Waals surface area contributed by atoms with Gasteiger partial charge >= 0.3 is 11.9 Å². The van der Waals surface area contributed by atoms with Crippen molar-refractivity contribution in [3.8, 4) is 0 Å². The number of carboxylic acids is 2. The number of aliphatic carboxylic acids is 2. The molecule has 13 amide bonds. The maximum atomic E-state index is 14.5. The van der Waals surface area contributed by atoms with E-state index in [2.05, 4.69) is 69.1 Å². The van der Waals surface area contributed by atoms with Gasteiger partial charge in [0.05, 0.1) is 38.4 Å². The average molecular weight is 1450 g/mol. The maximum absolute atomic E-state index is 14.5. The molecule has 0 unspecified atom stereocenters. The molecule has 23 N–H and O–H groups in total. The van der Waals surface area contributed by atoms with Crippen molar-refractivity contribution < 1.29 is 103 Å². The first kappa shape index (κ1) is 91.0. The molecule has 576 valence electrons. The van der Waals surface area contributed by atoms with Gasteiger partial charge in [0, 0.05) is 6.42 Å². The van der Waals surface area contributed by atoms with E-state index in [-0.39, 0.29) is 62.8 Å². The van der Waals surface area contributed by atoms with Crippen LogP contribution in [-0.2, 0) is 78.3 Å². The Labute approximate surface area is 593 Å². The molecule has 0 heterocycles. The molecular weight excluding hydrogens is 1340 g/mol. The second-order valence-electron chi connectivity index (χ2n) is 27.1. The molecule has 1 aromatic rings. The van der Waals surface area contributed by atoms with Gasteiger partial charge in [-0.25, -0.2) is 4.79 Å². The van der Waals surface area contributed by atoms with Gasteiger partial charge in [-0.2, -0.15) is 0 Å². The van der Waals surface area contributed by atoms with E-state index in [0.29, 0.717) is 12.0 Å². The van der Waals surface area contributed by atoms with Crippen molar-refractivity contribution in [3.63, 3.8) is 0 Å². The van der Waals surface area contributed by atoms with E-state index in [1.165, 1.54) is 27.7 Å². The Morgan fingerprint density at radius 3 is 1.13 bits per heavy atom. The van der Waals surface area contributed by atoms with E-state index in [9.17, 15) is 103 Å². The highest BCUT2D eigenvalue weighted by Gasteiger charge is 2.39. The summed E-state index contributed by atoms with van der Waals surface area (Å²) >= 11 is 0. The molecule has 102 heavy (non-hydrogen) atoms. The fourth-order valence-electron chi connectivity index (χ4n) is 9.98. The van der Waals surface area contributed by atoms with Gasteiger partial charge in [-0.1, -0.05) is 99.6 Å². The van der Waals surface area contributed by atoms with E-state index < -0.39 is 217 Å². The largest absolute Gasteiger partial charge is 0.481 e. The number of nitrogens with two attached hydrogens (primary N) is 2. The number of amides is 13. The van der Waals surface area contributed by atoms with Crippen LogP contribution in [0.4, 0.5) is 0 Å². The highest BCUT2D eigenvalue weighted by Crippen LogP contribution is 2.14. The predicted molar refractivity (Wildman–Crippen MR) is 368 cm³/mol. The SMILES string of the molecule is CC(C)C[C@H](NC(=O)[C@@H](NC(=O)[C@@H](NC(=O)[C@H](CO)NC(=O)[C@@H](NC(=O)[C@H](CO)NC(=O)[C@H](C)NC(=O)[C@H](CC(C)C)NC(=O)[C@H](Cc1ccccc1)NC(=O)[C@H](CCCCN)NC(=O)[C@H](CC(=O)O)NC(=O)[C@H](CC(C)C)NC(=O)[C@H](CO)NC(=O)[C@H](C)N)C(C)C)[C@@H](C)O)C(C)C)C(=O)O. The molecule has 1 aromatic carbocycles. The van der Waals surface area contributed by atoms with Gasteiger partial charge in [-0.05, 0) is 101 Å². The second kappa shape index (κ2) is 45.8. The number of carbonyl (C=O) groups excluding carboxylic acids is 13. The minimum absolute atomic E-state index is 0.0642. The van der Waals surface area contributed by atoms with Crippen molar-refractivity contribution in [2.24, 2.45) is 41.1 Å². The molecule has 0 aliphatic rings. The molecule has 36 heteroatoms. The van der Waals surface area contributed by atoms with Gasteiger partial charge in [0.15, 0.2) is 0 Å². The number of aliphatic hydroxyl groups excluding tert-OH is 4. The van der Waals surface area contributed by atoms with Crippen LogP contribution in [0.3, 0.4) is 0 Å². The molecule has 0 aliphatic heterocycles. The lowest BCUT2D eigenvalue weighted by Gasteiger charge is -2.29. The molecular formula is C66H111N15O21. The number of carboxylic acid groups (broad SMARTS) is 2. The Kier molecular flexibility index (Phi) is 40.9. The molecule has 0 aliphatic carbocycles. The quantitative estimate of drug-likeness (QED) is 0.0271. The number of benzene rings is 1. The van der Waals surface area contributed by atoms with Crippen LogP contribution in [0.1, 0.15) is 141 Å². The van der Waals surface area contributed by atoms with Crippen molar-refractivity contribution in [2.75, 3.05) is 26.4 Å². The summed E-state index contributed by atoms with van der Waals surface area (Å²) in [5.41, 5.74) is 11.9. The molecule has 0 saturated carbocycles. The number of aliphatic hydroxyl groups is 4. The minimum Gasteiger partial charge on any atom is -0.481 e. The monoisotopic (exact) mass is 1450 g/mol. The molecule has 15 atom stereocenters. The summed E-state index contributed by atoms with van der Waals surface area (Å²) in [4.78, 5) is 202. The van der Waals surface area contributed by atoms with Crippen LogP contribution in [0.15, 0.2) is 30.3 Å². The Bertz CT molecular complexity index is 2970. The predicted octanol–water partition coefficient (Wildman–Crippen LogP) is -5.61. The third-order valence-corrected chi connectivity index (χ3v) is 15.7. The number of hydrogen-bond acceptors (Lipinski definition) is 21. The molecule has 0 bridgehead atoms. The molecule has 1 rings (SSSR count). The van der Waals surface area contributed by atoms with E-state index in [1.54, 1.807) is 85.7 Å². The van der Waals surface area contributed by atoms with E-state index in [4.69, 9.17) is 11.5 Å². The number of rotatable bonds is 47. The van der Waals surface area contributed by atoms with Gasteiger partial charge in [0.2, 0.25) is 76.8 Å². The fourth-order valence-corrected chi connectivity index (χ4v) is 9.98. The second-order valence-corrected chi connectivity index (χ2v) is 27.1. The van der Waals surface area contributed by atoms with Crippen molar-refractivity contribution in [3.05, 3.63) is 35.9 Å². The molecule has 0 radical (unpaired) electrons. The van der Waals surface area contributed by atoms with Crippen molar-refractivity contribution >= 4 is 88.7 Å². The van der Waals surface area contributed by atoms with Crippen LogP contribution in [0.2, 0.25) is 0 Å². The van der Waals surface area contributed by atoms with Gasteiger partial charge < -0.3 is 111 Å². The molecule has 0 aromatic heterocycles. The standard InChI is InChI=1S/C66H111N15O21/c1-31(2)23-41(56(91)69-37(12)54(89)77-47(29-83)61(96)79-50(34(7)8)64(99)78-48(30-84)62(97)81-52(38(13)85)65(100)80-51(35(9)10)63(98)75-45(66(101)102)25-33(5)6)71-58(93)43(26-39-19-15-14-16-20-39)73-55(90)40(21-17-18-22-67)70-59(94)44(27-49(86)87)74-57(92)42(24-32(3)4)72-60(95)46(28-82)76-53(88)36(11)68/h14-16,19-20,31-38,40-48,50-52,82-85H,17-18,21-30,67-68H2,1-13H3,(H,69,91)(H,70,94)(H,71,93)(H,72,95)(H,73,90)(H,74,92)(H,75,98)(H,76,88)(H,77,89)(H,78,99)(H,79,96)(H,80,100)(H,81,97)(H,86,87)(H,101,102)/t36-,37-,38+,40-,41-,42-,43-,44-,45-,46-,47-,48-,50-,51-,52-/m0/s1. The summed E-state index contributed by atoms with van der Waals surface area (Å²) in [6.45, 7) is 17.1. The zero-order valence-corrected chi connectivity index (χ0v) is 60.4. The smallest absolute Gasteiger partial charge is 0.326 e. The Morgan fingerprint density at radius 2 is 0.706 bits per heavy atom. The summed E-state index contributed by atoms with van der Waals surface area (Å²) in [7, 11) is 0. The Balaban J connectivity index is 3.45. The lowest BCUT2D eigenvalue weighted by atomic mass is 9.99. The Morgan fingerprint density at radius 1 is 0.373 bits per heavy atom. The summed E-state index contributed by atoms with van der Waals surface area (Å²) in [6, 6.07) is -13.3. The maximum Gasteiger partial charge on any atom is 0.326 e. The zero-order valence-electron chi connectivity index (χ0n) is 60.4. The van der Waals surface area contributed by atoms with Crippen molar-refractivity contribution in [2.45, 2.75) is 232 Å². The number of hydrogen-bond donors (Lipinski definition) is 21. The van der Waals surface area contributed by atoms with Crippen LogP contribution >= 0.6 is 0 Å².